The van der Waals surface area contributed by atoms with Gasteiger partial charge >= 0.3 is 65.6 Å². The van der Waals surface area contributed by atoms with Gasteiger partial charge in [-0.15, -0.1) is 0 Å². The molecule has 26 heteroatoms. The zero-order chi connectivity index (χ0) is 35.9. The molecule has 0 fully saturated rings. The number of hydrogen-bond acceptors (Lipinski definition) is 4. The van der Waals surface area contributed by atoms with Gasteiger partial charge in [0.1, 0.15) is 5.57 Å². The number of nitrogens with zero attached hydrogens (tertiary/aromatic N) is 1. The molecule has 44 heavy (non-hydrogen) atoms. The van der Waals surface area contributed by atoms with E-state index in [9.17, 15) is 107 Å². The molecule has 1 heterocycles. The Kier molecular flexibility index (Phi) is 9.02. The summed E-state index contributed by atoms with van der Waals surface area (Å²) in [6.45, 7) is 0.245. The molecule has 0 saturated heterocycles. The predicted octanol–water partition coefficient (Wildman–Crippen LogP) is 6.47. The Bertz CT molecular complexity index is 1230. The zero-order valence-corrected chi connectivity index (χ0v) is 20.2. The van der Waals surface area contributed by atoms with Crippen LogP contribution in [0.2, 0.25) is 0 Å². The Balaban J connectivity index is 3.85. The molecule has 0 aromatic rings. The highest BCUT2D eigenvalue weighted by molar-refractivity contribution is 6.30. The topological polar surface area (TPSA) is 63.7 Å². The van der Waals surface area contributed by atoms with Crippen molar-refractivity contribution in [2.24, 2.45) is 0 Å². The quantitative estimate of drug-likeness (QED) is 0.0815. The molecule has 1 rings (SSSR count). The Morgan fingerprint density at radius 2 is 0.841 bits per heavy atom. The molecule has 0 radical (unpaired) electrons. The van der Waals surface area contributed by atoms with Gasteiger partial charge in [0.05, 0.1) is 6.61 Å². The molecule has 1 aliphatic heterocycles. The highest BCUT2D eigenvalue weighted by Crippen LogP contribution is 2.66. The van der Waals surface area contributed by atoms with Crippen LogP contribution in [0.4, 0.5) is 92.2 Å². The Labute approximate surface area is 226 Å². The van der Waals surface area contributed by atoms with Crippen LogP contribution in [-0.4, -0.2) is 88.9 Å². The van der Waals surface area contributed by atoms with Gasteiger partial charge in [-0.3, -0.25) is 9.59 Å². The lowest BCUT2D eigenvalue weighted by Crippen LogP contribution is -2.77. The second kappa shape index (κ2) is 10.2. The lowest BCUT2D eigenvalue weighted by molar-refractivity contribution is -0.476. The first-order valence-corrected chi connectivity index (χ1v) is 10.2. The van der Waals surface area contributed by atoms with Crippen molar-refractivity contribution in [2.45, 2.75) is 73.5 Å². The summed E-state index contributed by atoms with van der Waals surface area (Å²) >= 11 is 0. The molecule has 0 aromatic carbocycles. The highest BCUT2D eigenvalue weighted by Gasteiger charge is 2.98. The smallest absolute Gasteiger partial charge is 0.460 e. The van der Waals surface area contributed by atoms with Crippen molar-refractivity contribution in [2.75, 3.05) is 6.61 Å². The van der Waals surface area contributed by atoms with E-state index in [4.69, 9.17) is 0 Å². The third-order valence-electron chi connectivity index (χ3n) is 5.57. The predicted molar refractivity (Wildman–Crippen MR) is 91.8 cm³/mol. The van der Waals surface area contributed by atoms with Crippen molar-refractivity contribution in [1.82, 2.24) is 4.90 Å². The zero-order valence-electron chi connectivity index (χ0n) is 20.2. The van der Waals surface area contributed by atoms with E-state index in [1.165, 1.54) is 0 Å². The van der Waals surface area contributed by atoms with Gasteiger partial charge in [-0.2, -0.15) is 92.2 Å². The van der Waals surface area contributed by atoms with Gasteiger partial charge in [-0.25, -0.2) is 9.69 Å². The van der Waals surface area contributed by atoms with Gasteiger partial charge < -0.3 is 4.74 Å². The van der Waals surface area contributed by atoms with Crippen LogP contribution in [0.15, 0.2) is 11.1 Å². The van der Waals surface area contributed by atoms with Gasteiger partial charge in [0.15, 0.2) is 0 Å². The number of alkyl halides is 21. The first-order chi connectivity index (χ1) is 19.0. The van der Waals surface area contributed by atoms with Crippen LogP contribution in [0.5, 0.6) is 0 Å². The van der Waals surface area contributed by atoms with E-state index in [1.54, 1.807) is 0 Å². The Morgan fingerprint density at radius 3 is 1.14 bits per heavy atom. The van der Waals surface area contributed by atoms with E-state index in [0.29, 0.717) is 0 Å². The van der Waals surface area contributed by atoms with E-state index in [0.717, 1.165) is 6.92 Å². The first kappa shape index (κ1) is 38.9. The molecular formula is C18H8F21NO4. The van der Waals surface area contributed by atoms with Crippen molar-refractivity contribution in [3.63, 3.8) is 0 Å². The van der Waals surface area contributed by atoms with E-state index in [-0.39, 0.29) is 6.92 Å². The minimum atomic E-state index is -9.39. The normalized spacial score (nSPS) is 17.6. The summed E-state index contributed by atoms with van der Waals surface area (Å²) in [5.74, 6) is -80.7. The van der Waals surface area contributed by atoms with Crippen LogP contribution in [0.3, 0.4) is 0 Å². The molecule has 0 bridgehead atoms. The van der Waals surface area contributed by atoms with Gasteiger partial charge in [0, 0.05) is 5.57 Å². The van der Waals surface area contributed by atoms with Crippen LogP contribution in [0.1, 0.15) is 13.8 Å². The molecule has 0 aliphatic carbocycles. The maximum atomic E-state index is 14.4. The number of hydrogen-bond donors (Lipinski definition) is 0. The van der Waals surface area contributed by atoms with Crippen LogP contribution >= 0.6 is 0 Å². The van der Waals surface area contributed by atoms with Crippen LogP contribution in [0, 0.1) is 0 Å². The van der Waals surface area contributed by atoms with E-state index >= 15 is 0 Å². The Morgan fingerprint density at radius 1 is 0.545 bits per heavy atom. The van der Waals surface area contributed by atoms with Crippen molar-refractivity contribution < 1.29 is 111 Å². The summed E-state index contributed by atoms with van der Waals surface area (Å²) < 4.78 is 288. The average Bonchev–Trinajstić information content (AvgIpc) is 3.05. The summed E-state index contributed by atoms with van der Waals surface area (Å²) in [5.41, 5.74) is -3.71. The third-order valence-corrected chi connectivity index (χ3v) is 5.57. The Hall–Kier alpha value is -3.12. The molecule has 0 atom stereocenters. The fourth-order valence-corrected chi connectivity index (χ4v) is 3.03. The molecule has 0 saturated carbocycles. The van der Waals surface area contributed by atoms with Crippen molar-refractivity contribution >= 4 is 17.8 Å². The monoisotopic (exact) mass is 701 g/mol. The summed E-state index contributed by atoms with van der Waals surface area (Å²) in [6, 6.07) is -7.68. The maximum absolute atomic E-state index is 14.4. The van der Waals surface area contributed by atoms with Crippen LogP contribution in [0.25, 0.3) is 0 Å². The standard InChI is InChI=1S/C18H8F21NO4/c1-3-44-8(43)5-4(2)6(41)40(7(5)42)18(38,39)16(33,34)14(29,30)12(25,26)10(21,22)9(19,20)11(23,24)13(27,28)15(31,32)17(35,36)37/h3H2,1-2H3. The molecule has 0 unspecified atom stereocenters. The maximum Gasteiger partial charge on any atom is 0.460 e. The second-order valence-electron chi connectivity index (χ2n) is 8.30. The lowest BCUT2D eigenvalue weighted by atomic mass is 9.87. The fraction of sp³-hybridized carbons (Fsp3) is 0.722. The molecule has 0 spiro atoms. The second-order valence-corrected chi connectivity index (χ2v) is 8.30. The molecule has 0 N–H and O–H groups in total. The van der Waals surface area contributed by atoms with E-state index in [1.807, 2.05) is 0 Å². The van der Waals surface area contributed by atoms with Crippen molar-refractivity contribution in [3.8, 4) is 0 Å². The van der Waals surface area contributed by atoms with E-state index < -0.39 is 100 Å². The number of carbonyl (C=O) groups is 3. The number of ether oxygens (including phenoxy) is 1. The van der Waals surface area contributed by atoms with Gasteiger partial charge in [-0.1, -0.05) is 0 Å². The number of carbonyl (C=O) groups excluding carboxylic acids is 3. The molecule has 5 nitrogen and oxygen atoms in total. The van der Waals surface area contributed by atoms with Crippen LogP contribution in [-0.2, 0) is 19.1 Å². The van der Waals surface area contributed by atoms with Crippen molar-refractivity contribution in [3.05, 3.63) is 11.1 Å². The number of rotatable bonds is 11. The first-order valence-electron chi connectivity index (χ1n) is 10.2. The van der Waals surface area contributed by atoms with E-state index in [2.05, 4.69) is 4.74 Å². The SMILES string of the molecule is CCOC(=O)C1=C(C)C(=O)N(C(F)(F)C(F)(F)C(F)(F)C(F)(F)C(F)(F)C(F)(F)C(F)(F)C(F)(F)C(F)(F)C(F)(F)F)C1=O. The molecular weight excluding hydrogens is 693 g/mol. The summed E-state index contributed by atoms with van der Waals surface area (Å²) in [5, 5.41) is 0. The third kappa shape index (κ3) is 4.54. The summed E-state index contributed by atoms with van der Waals surface area (Å²) in [4.78, 5) is 33.0. The number of halogens is 21. The summed E-state index contributed by atoms with van der Waals surface area (Å²) in [7, 11) is 0. The minimum Gasteiger partial charge on any atom is -0.462 e. The minimum absolute atomic E-state index is 0.126. The van der Waals surface area contributed by atoms with Crippen molar-refractivity contribution in [1.29, 1.82) is 0 Å². The average molecular weight is 701 g/mol. The number of imide groups is 1. The molecule has 0 aromatic heterocycles. The number of esters is 1. The number of amides is 2. The fourth-order valence-electron chi connectivity index (χ4n) is 3.03. The van der Waals surface area contributed by atoms with Gasteiger partial charge in [-0.05, 0) is 13.8 Å². The summed E-state index contributed by atoms with van der Waals surface area (Å²) in [6.07, 6.45) is -8.10. The highest BCUT2D eigenvalue weighted by atomic mass is 19.4. The van der Waals surface area contributed by atoms with Gasteiger partial charge in [0.2, 0.25) is 0 Å². The van der Waals surface area contributed by atoms with Crippen LogP contribution < -0.4 is 0 Å². The lowest BCUT2D eigenvalue weighted by Gasteiger charge is -2.45. The molecule has 256 valence electrons. The molecule has 1 aliphatic rings. The molecule has 2 amide bonds. The largest absolute Gasteiger partial charge is 0.462 e. The van der Waals surface area contributed by atoms with Gasteiger partial charge in [0.25, 0.3) is 11.8 Å².